The van der Waals surface area contributed by atoms with Crippen molar-refractivity contribution in [2.75, 3.05) is 100 Å². The number of likely N-dealkylation sites (tertiary alicyclic amines) is 1. The van der Waals surface area contributed by atoms with Crippen LogP contribution in [0.1, 0.15) is 89.5 Å². The third-order valence-corrected chi connectivity index (χ3v) is 17.8. The maximum Gasteiger partial charge on any atom is 0.347 e. The molecule has 6 saturated heterocycles. The lowest BCUT2D eigenvalue weighted by Gasteiger charge is -2.40. The van der Waals surface area contributed by atoms with Crippen molar-refractivity contribution in [2.24, 2.45) is 11.8 Å². The molecule has 3 N–H and O–H groups in total. The Morgan fingerprint density at radius 3 is 2.31 bits per heavy atom. The number of aromatic amines is 1. The highest BCUT2D eigenvalue weighted by Crippen LogP contribution is 2.43. The summed E-state index contributed by atoms with van der Waals surface area (Å²) < 4.78 is 35.5. The molecule has 3 amide bonds. The van der Waals surface area contributed by atoms with Gasteiger partial charge in [-0.3, -0.25) is 24.3 Å². The number of amides is 3. The second kappa shape index (κ2) is 25.6. The number of fused-ring (bicyclic) bond motifs is 5. The van der Waals surface area contributed by atoms with E-state index in [1.165, 1.54) is 56.4 Å². The van der Waals surface area contributed by atoms with E-state index in [-0.39, 0.29) is 35.5 Å². The lowest BCUT2D eigenvalue weighted by Crippen LogP contribution is -2.51. The molecular formula is C61H77F2N11O6. The molecule has 6 aliphatic heterocycles. The quantitative estimate of drug-likeness (QED) is 0.0731. The average Bonchev–Trinajstić information content (AvgIpc) is 4.20. The van der Waals surface area contributed by atoms with Crippen molar-refractivity contribution in [3.8, 4) is 23.6 Å². The normalized spacial score (nSPS) is 22.4. The maximum absolute atomic E-state index is 15.9. The highest BCUT2D eigenvalue weighted by molar-refractivity contribution is 6.02. The first kappa shape index (κ1) is 57.7. The summed E-state index contributed by atoms with van der Waals surface area (Å²) in [5.41, 5.74) is 2.91. The number of rotatable bonds is 15. The second-order valence-electron chi connectivity index (χ2n) is 22.8. The molecule has 6 aliphatic rings. The van der Waals surface area contributed by atoms with Gasteiger partial charge in [-0.1, -0.05) is 30.2 Å². The Labute approximate surface area is 467 Å². The Kier molecular flexibility index (Phi) is 18.5. The van der Waals surface area contributed by atoms with Crippen LogP contribution in [0.25, 0.3) is 32.9 Å². The highest BCUT2D eigenvalue weighted by atomic mass is 19.1. The number of ether oxygens (including phenoxy) is 1. The van der Waals surface area contributed by atoms with Crippen LogP contribution in [0.3, 0.4) is 0 Å². The van der Waals surface area contributed by atoms with E-state index in [0.29, 0.717) is 88.2 Å². The smallest absolute Gasteiger partial charge is 0.347 e. The number of piperazine rings is 1. The first-order valence-electron chi connectivity index (χ1n) is 28.4. The number of nitrogens with zero attached hydrogens (tertiary/aromatic N) is 8. The van der Waals surface area contributed by atoms with Gasteiger partial charge in [0.05, 0.1) is 34.4 Å². The summed E-state index contributed by atoms with van der Waals surface area (Å²) in [6.45, 7) is 9.72. The molecule has 6 fully saturated rings. The Bertz CT molecular complexity index is 3120. The lowest BCUT2D eigenvalue weighted by molar-refractivity contribution is -0.123. The minimum atomic E-state index is -0.756. The molecule has 11 rings (SSSR count). The van der Waals surface area contributed by atoms with Crippen molar-refractivity contribution >= 4 is 69.6 Å². The summed E-state index contributed by atoms with van der Waals surface area (Å²) in [5, 5.41) is 7.65. The number of piperidine rings is 2. The number of methoxy groups -OCH3 is 1. The second-order valence-corrected chi connectivity index (χ2v) is 22.8. The molecule has 2 aromatic heterocycles. The molecule has 17 nitrogen and oxygen atoms in total. The summed E-state index contributed by atoms with van der Waals surface area (Å²) in [6, 6.07) is 14.6. The summed E-state index contributed by atoms with van der Waals surface area (Å²) in [7, 11) is 7.18. The number of nitrogens with one attached hydrogen (secondary N) is 3. The van der Waals surface area contributed by atoms with Crippen molar-refractivity contribution in [3.05, 3.63) is 82.4 Å². The van der Waals surface area contributed by atoms with Crippen LogP contribution in [0.2, 0.25) is 0 Å². The molecule has 0 spiro atoms. The van der Waals surface area contributed by atoms with Crippen LogP contribution in [0, 0.1) is 35.8 Å². The Balaban J connectivity index is 0.000000160. The number of aldehydes is 1. The van der Waals surface area contributed by atoms with Crippen LogP contribution >= 0.6 is 0 Å². The number of halogens is 2. The number of aromatic nitrogens is 3. The third-order valence-electron chi connectivity index (χ3n) is 17.8. The molecule has 2 bridgehead atoms. The number of terminal acetylenes is 1. The van der Waals surface area contributed by atoms with E-state index < -0.39 is 23.4 Å². The van der Waals surface area contributed by atoms with Gasteiger partial charge in [0.1, 0.15) is 29.7 Å². The van der Waals surface area contributed by atoms with Crippen molar-refractivity contribution < 1.29 is 32.7 Å². The molecule has 8 heterocycles. The standard InChI is InChI=1S/C26H39N5O4.C25H19F2N5O.C10H19NO/c1-27-26(35)24(5-4-16-32)31(19-34)23-7-6-22(17-25(23)28(2)3)30-14-10-21(11-15-30)20-8-12-29(18-33)13-9-20;1-2-16-19(26)9-6-13-4-3-5-17(20(13)16)22-21(27)23-18(10-28-22)24(31-25(33)30-23)32-11-14-7-8-15(12-32)29-14;1-10-5-3-7-11(10)9(4-6-10)8-12-2/h6-7,16-21,24H,4-5,8-15H2,1-3H3,(H,27,35);1,3-6,9-10,14-15,29H,7-8,11-12H2,(H,30,31,33);9H,3-8H2,1-2H3/t;;9?,10-/m..0/s1. The fraction of sp³-hybridized carbons (Fsp3) is 0.525. The zero-order valence-corrected chi connectivity index (χ0v) is 46.9. The highest BCUT2D eigenvalue weighted by Gasteiger charge is 2.45. The number of H-pyrrole nitrogens is 1. The van der Waals surface area contributed by atoms with Crippen molar-refractivity contribution in [1.29, 1.82) is 0 Å². The molecule has 0 aliphatic carbocycles. The zero-order chi connectivity index (χ0) is 56.7. The van der Waals surface area contributed by atoms with E-state index in [1.54, 1.807) is 24.3 Å². The van der Waals surface area contributed by atoms with Gasteiger partial charge in [-0.25, -0.2) is 13.6 Å². The van der Waals surface area contributed by atoms with Crippen molar-refractivity contribution in [1.82, 2.24) is 35.4 Å². The molecule has 5 aromatic rings. The number of anilines is 4. The van der Waals surface area contributed by atoms with E-state index >= 15 is 4.39 Å². The number of hydrogen-bond acceptors (Lipinski definition) is 13. The Hall–Kier alpha value is -7.01. The number of carbonyl (C=O) groups is 4. The average molecular weight is 1100 g/mol. The van der Waals surface area contributed by atoms with Crippen LogP contribution in [0.5, 0.6) is 0 Å². The van der Waals surface area contributed by atoms with Crippen LogP contribution < -0.4 is 35.9 Å². The summed E-state index contributed by atoms with van der Waals surface area (Å²) in [4.78, 5) is 82.4. The van der Waals surface area contributed by atoms with Crippen molar-refractivity contribution in [2.45, 2.75) is 114 Å². The number of likely N-dealkylation sites (N-methyl/N-ethyl adjacent to an activating group) is 1. The number of hydrogen-bond donors (Lipinski definition) is 3. The van der Waals surface area contributed by atoms with Gasteiger partial charge in [-0.2, -0.15) is 4.98 Å². The van der Waals surface area contributed by atoms with Gasteiger partial charge in [0.25, 0.3) is 0 Å². The molecule has 19 heteroatoms. The largest absolute Gasteiger partial charge is 0.383 e. The first-order valence-corrected chi connectivity index (χ1v) is 28.4. The van der Waals surface area contributed by atoms with E-state index in [4.69, 9.17) is 11.2 Å². The predicted molar refractivity (Wildman–Crippen MR) is 310 cm³/mol. The number of benzene rings is 3. The molecule has 0 radical (unpaired) electrons. The van der Waals surface area contributed by atoms with Crippen LogP contribution in [0.4, 0.5) is 31.7 Å². The Morgan fingerprint density at radius 2 is 1.66 bits per heavy atom. The summed E-state index contributed by atoms with van der Waals surface area (Å²) in [5.74, 6) is 2.64. The monoisotopic (exact) mass is 1100 g/mol. The molecule has 426 valence electrons. The SMILES string of the molecule is C#Cc1c(F)ccc2cccc(-c3ncc4c(N5CC6CCC(C5)N6)nc(=O)[nH]c4c3F)c12.CNC(=O)C(CCC=O)N(C=O)c1ccc(N2CCC(C3CCN(C=O)CC3)CC2)cc1N(C)C.COCC1CC[C@]2(C)CCCN12. The first-order chi connectivity index (χ1) is 38.7. The molecule has 4 unspecified atom stereocenters. The van der Waals surface area contributed by atoms with Crippen molar-refractivity contribution in [3.63, 3.8) is 0 Å². The fourth-order valence-electron chi connectivity index (χ4n) is 13.6. The topological polar surface area (TPSA) is 180 Å². The Morgan fingerprint density at radius 1 is 0.938 bits per heavy atom. The molecule has 80 heavy (non-hydrogen) atoms. The van der Waals surface area contributed by atoms with Crippen LogP contribution in [-0.4, -0.2) is 160 Å². The predicted octanol–water partition coefficient (Wildman–Crippen LogP) is 6.88. The zero-order valence-electron chi connectivity index (χ0n) is 46.9. The van der Waals surface area contributed by atoms with E-state index in [2.05, 4.69) is 54.3 Å². The lowest BCUT2D eigenvalue weighted by atomic mass is 9.79. The van der Waals surface area contributed by atoms with Gasteiger partial charge in [0.15, 0.2) is 5.82 Å². The van der Waals surface area contributed by atoms with Crippen LogP contribution in [0.15, 0.2) is 59.5 Å². The third kappa shape index (κ3) is 12.2. The fourth-order valence-corrected chi connectivity index (χ4v) is 13.6. The molecule has 0 saturated carbocycles. The van der Waals surface area contributed by atoms with E-state index in [9.17, 15) is 28.4 Å². The van der Waals surface area contributed by atoms with Gasteiger partial charge >= 0.3 is 5.69 Å². The minimum absolute atomic E-state index is 0.0108. The van der Waals surface area contributed by atoms with E-state index in [1.807, 2.05) is 48.0 Å². The van der Waals surface area contributed by atoms with Gasteiger partial charge < -0.3 is 49.6 Å². The molecule has 5 atom stereocenters. The minimum Gasteiger partial charge on any atom is -0.383 e. The molecular weight excluding hydrogens is 1020 g/mol. The van der Waals surface area contributed by atoms with Gasteiger partial charge in [0, 0.05) is 120 Å². The molecule has 3 aromatic carbocycles. The number of carbonyl (C=O) groups excluding carboxylic acids is 4. The summed E-state index contributed by atoms with van der Waals surface area (Å²) in [6.07, 6.45) is 22.0. The number of pyridine rings is 1. The summed E-state index contributed by atoms with van der Waals surface area (Å²) >= 11 is 0. The van der Waals surface area contributed by atoms with E-state index in [0.717, 1.165) is 95.4 Å². The van der Waals surface area contributed by atoms with Gasteiger partial charge in [-0.15, -0.1) is 6.42 Å². The van der Waals surface area contributed by atoms with Gasteiger partial charge in [0.2, 0.25) is 18.7 Å². The van der Waals surface area contributed by atoms with Gasteiger partial charge in [-0.05, 0) is 126 Å². The maximum atomic E-state index is 15.9. The van der Waals surface area contributed by atoms with Crippen LogP contribution in [-0.2, 0) is 23.9 Å².